The Balaban J connectivity index is 1.90. The van der Waals surface area contributed by atoms with Crippen molar-refractivity contribution in [1.29, 1.82) is 0 Å². The van der Waals surface area contributed by atoms with Crippen LogP contribution < -0.4 is 21.7 Å². The summed E-state index contributed by atoms with van der Waals surface area (Å²) in [5, 5.41) is 8.39. The van der Waals surface area contributed by atoms with Crippen molar-refractivity contribution in [2.75, 3.05) is 37.4 Å². The number of carbonyl (C=O) groups is 3. The highest BCUT2D eigenvalue weighted by Gasteiger charge is 2.10. The quantitative estimate of drug-likeness (QED) is 0.464. The number of nitrogens with one attached hydrogen (secondary N) is 3. The molecule has 0 fully saturated rings. The van der Waals surface area contributed by atoms with Crippen molar-refractivity contribution in [2.45, 2.75) is 6.42 Å². The fourth-order valence-electron chi connectivity index (χ4n) is 2.49. The molecule has 2 aromatic carbocycles. The third-order valence-corrected chi connectivity index (χ3v) is 3.85. The smallest absolute Gasteiger partial charge is 0.251 e. The van der Waals surface area contributed by atoms with E-state index in [1.165, 1.54) is 0 Å². The Morgan fingerprint density at radius 3 is 2.61 bits per heavy atom. The van der Waals surface area contributed by atoms with E-state index in [0.717, 1.165) is 6.42 Å². The Labute approximate surface area is 163 Å². The second kappa shape index (κ2) is 10.7. The molecule has 0 spiro atoms. The van der Waals surface area contributed by atoms with Gasteiger partial charge in [0, 0.05) is 37.2 Å². The molecule has 8 heteroatoms. The van der Waals surface area contributed by atoms with Crippen LogP contribution in [0.5, 0.6) is 0 Å². The lowest BCUT2D eigenvalue weighted by atomic mass is 10.1. The van der Waals surface area contributed by atoms with Crippen LogP contribution in [0.15, 0.2) is 48.5 Å². The summed E-state index contributed by atoms with van der Waals surface area (Å²) in [7, 11) is 1.61. The maximum absolute atomic E-state index is 12.2. The lowest BCUT2D eigenvalue weighted by Gasteiger charge is -2.11. The van der Waals surface area contributed by atoms with Crippen LogP contribution in [-0.2, 0) is 9.53 Å². The fourth-order valence-corrected chi connectivity index (χ4v) is 2.49. The van der Waals surface area contributed by atoms with E-state index in [4.69, 9.17) is 10.5 Å². The van der Waals surface area contributed by atoms with Gasteiger partial charge in [-0.2, -0.15) is 0 Å². The number of methoxy groups -OCH3 is 1. The molecule has 2 rings (SSSR count). The molecule has 2 aromatic rings. The Bertz CT molecular complexity index is 838. The van der Waals surface area contributed by atoms with E-state index in [-0.39, 0.29) is 18.4 Å². The second-order valence-electron chi connectivity index (χ2n) is 5.99. The Hall–Kier alpha value is -3.39. The molecule has 0 unspecified atom stereocenters. The maximum atomic E-state index is 12.2. The molecule has 28 heavy (non-hydrogen) atoms. The number of ether oxygens (including phenoxy) is 1. The minimum Gasteiger partial charge on any atom is -0.385 e. The number of primary amides is 1. The standard InChI is InChI=1S/C20H24N4O4/c1-28-11-5-10-22-20(27)14-6-4-7-15(12-14)24-18(25)13-23-17-9-3-2-8-16(17)19(21)26/h2-4,6-9,12,23H,5,10-11,13H2,1H3,(H2,21,26)(H,22,27)(H,24,25). The van der Waals surface area contributed by atoms with Gasteiger partial charge >= 0.3 is 0 Å². The van der Waals surface area contributed by atoms with Crippen LogP contribution in [0.25, 0.3) is 0 Å². The average Bonchev–Trinajstić information content (AvgIpc) is 2.70. The molecule has 0 atom stereocenters. The molecule has 0 aliphatic rings. The largest absolute Gasteiger partial charge is 0.385 e. The van der Waals surface area contributed by atoms with Crippen molar-refractivity contribution in [2.24, 2.45) is 5.73 Å². The SMILES string of the molecule is COCCCNC(=O)c1cccc(NC(=O)CNc2ccccc2C(N)=O)c1. The van der Waals surface area contributed by atoms with Gasteiger partial charge in [-0.15, -0.1) is 0 Å². The molecule has 0 aliphatic carbocycles. The number of hydrogen-bond acceptors (Lipinski definition) is 5. The van der Waals surface area contributed by atoms with Crippen molar-refractivity contribution in [1.82, 2.24) is 5.32 Å². The second-order valence-corrected chi connectivity index (χ2v) is 5.99. The Kier molecular flexibility index (Phi) is 7.98. The number of amides is 3. The Morgan fingerprint density at radius 2 is 1.86 bits per heavy atom. The van der Waals surface area contributed by atoms with Crippen LogP contribution in [0.1, 0.15) is 27.1 Å². The van der Waals surface area contributed by atoms with Gasteiger partial charge in [0.05, 0.1) is 12.1 Å². The first-order chi connectivity index (χ1) is 13.5. The van der Waals surface area contributed by atoms with E-state index in [1.807, 2.05) is 0 Å². The highest BCUT2D eigenvalue weighted by molar-refractivity contribution is 6.00. The van der Waals surface area contributed by atoms with Crippen molar-refractivity contribution in [3.8, 4) is 0 Å². The summed E-state index contributed by atoms with van der Waals surface area (Å²) in [6.07, 6.45) is 0.719. The van der Waals surface area contributed by atoms with Crippen molar-refractivity contribution < 1.29 is 19.1 Å². The van der Waals surface area contributed by atoms with E-state index >= 15 is 0 Å². The van der Waals surface area contributed by atoms with Crippen LogP contribution in [0.2, 0.25) is 0 Å². The molecular formula is C20H24N4O4. The summed E-state index contributed by atoms with van der Waals surface area (Å²) in [4.78, 5) is 35.7. The van der Waals surface area contributed by atoms with Gasteiger partial charge in [0.15, 0.2) is 0 Å². The molecule has 0 aliphatic heterocycles. The molecule has 5 N–H and O–H groups in total. The van der Waals surface area contributed by atoms with E-state index in [9.17, 15) is 14.4 Å². The monoisotopic (exact) mass is 384 g/mol. The number of carbonyl (C=O) groups excluding carboxylic acids is 3. The summed E-state index contributed by atoms with van der Waals surface area (Å²) in [6, 6.07) is 13.3. The van der Waals surface area contributed by atoms with E-state index in [0.29, 0.717) is 35.7 Å². The summed E-state index contributed by atoms with van der Waals surface area (Å²) >= 11 is 0. The number of nitrogens with two attached hydrogens (primary N) is 1. The van der Waals surface area contributed by atoms with Gasteiger partial charge in [-0.3, -0.25) is 14.4 Å². The molecule has 0 heterocycles. The summed E-state index contributed by atoms with van der Waals surface area (Å²) < 4.78 is 4.94. The summed E-state index contributed by atoms with van der Waals surface area (Å²) in [5.74, 6) is -1.12. The first-order valence-corrected chi connectivity index (χ1v) is 8.81. The molecule has 3 amide bonds. The third kappa shape index (κ3) is 6.40. The van der Waals surface area contributed by atoms with Crippen LogP contribution in [0.4, 0.5) is 11.4 Å². The number of benzene rings is 2. The topological polar surface area (TPSA) is 123 Å². The highest BCUT2D eigenvalue weighted by atomic mass is 16.5. The Morgan fingerprint density at radius 1 is 1.07 bits per heavy atom. The van der Waals surface area contributed by atoms with Crippen LogP contribution >= 0.6 is 0 Å². The van der Waals surface area contributed by atoms with Gasteiger partial charge < -0.3 is 26.4 Å². The summed E-state index contributed by atoms with van der Waals surface area (Å²) in [6.45, 7) is 1.02. The normalized spacial score (nSPS) is 10.2. The van der Waals surface area contributed by atoms with Gasteiger partial charge in [0.2, 0.25) is 5.91 Å². The van der Waals surface area contributed by atoms with E-state index in [2.05, 4.69) is 16.0 Å². The van der Waals surface area contributed by atoms with Crippen molar-refractivity contribution in [3.63, 3.8) is 0 Å². The van der Waals surface area contributed by atoms with Gasteiger partial charge in [0.25, 0.3) is 11.8 Å². The van der Waals surface area contributed by atoms with E-state index < -0.39 is 5.91 Å². The maximum Gasteiger partial charge on any atom is 0.251 e. The van der Waals surface area contributed by atoms with Gasteiger partial charge in [-0.1, -0.05) is 18.2 Å². The number of para-hydroxylation sites is 1. The molecule has 148 valence electrons. The number of hydrogen-bond donors (Lipinski definition) is 4. The van der Waals surface area contributed by atoms with Gasteiger partial charge in [-0.05, 0) is 36.8 Å². The zero-order valence-electron chi connectivity index (χ0n) is 15.7. The van der Waals surface area contributed by atoms with Crippen molar-refractivity contribution >= 4 is 29.1 Å². The molecule has 0 aromatic heterocycles. The highest BCUT2D eigenvalue weighted by Crippen LogP contribution is 2.14. The van der Waals surface area contributed by atoms with Crippen LogP contribution in [0.3, 0.4) is 0 Å². The van der Waals surface area contributed by atoms with E-state index in [1.54, 1.807) is 55.6 Å². The number of anilines is 2. The lowest BCUT2D eigenvalue weighted by molar-refractivity contribution is -0.114. The van der Waals surface area contributed by atoms with Crippen LogP contribution in [-0.4, -0.2) is 44.5 Å². The minimum atomic E-state index is -0.576. The zero-order valence-corrected chi connectivity index (χ0v) is 15.7. The number of rotatable bonds is 10. The molecule has 8 nitrogen and oxygen atoms in total. The average molecular weight is 384 g/mol. The zero-order chi connectivity index (χ0) is 20.4. The minimum absolute atomic E-state index is 0.0578. The first kappa shape index (κ1) is 20.9. The van der Waals surface area contributed by atoms with Gasteiger partial charge in [-0.25, -0.2) is 0 Å². The molecule has 0 radical (unpaired) electrons. The lowest BCUT2D eigenvalue weighted by Crippen LogP contribution is -2.26. The predicted octanol–water partition coefficient (Wildman–Crippen LogP) is 1.60. The molecule has 0 bridgehead atoms. The van der Waals surface area contributed by atoms with Crippen LogP contribution in [0, 0.1) is 0 Å². The summed E-state index contributed by atoms with van der Waals surface area (Å²) in [5.41, 5.74) is 7.05. The molecular weight excluding hydrogens is 360 g/mol. The predicted molar refractivity (Wildman–Crippen MR) is 107 cm³/mol. The molecule has 0 saturated heterocycles. The molecule has 0 saturated carbocycles. The third-order valence-electron chi connectivity index (χ3n) is 3.85. The van der Waals surface area contributed by atoms with Gasteiger partial charge in [0.1, 0.15) is 0 Å². The fraction of sp³-hybridized carbons (Fsp3) is 0.250. The first-order valence-electron chi connectivity index (χ1n) is 8.81. The van der Waals surface area contributed by atoms with Crippen molar-refractivity contribution in [3.05, 3.63) is 59.7 Å².